The van der Waals surface area contributed by atoms with Gasteiger partial charge in [0.05, 0.1) is 0 Å². The summed E-state index contributed by atoms with van der Waals surface area (Å²) in [5, 5.41) is 7.89. The van der Waals surface area contributed by atoms with Crippen LogP contribution >= 0.6 is 0 Å². The lowest BCUT2D eigenvalue weighted by Crippen LogP contribution is -1.83. The minimum atomic E-state index is 1.26. The van der Waals surface area contributed by atoms with E-state index in [1.54, 1.807) is 0 Å². The van der Waals surface area contributed by atoms with Crippen LogP contribution in [0.1, 0.15) is 0 Å². The fourth-order valence-electron chi connectivity index (χ4n) is 3.65. The summed E-state index contributed by atoms with van der Waals surface area (Å²) in [6.45, 7) is 0. The minimum absolute atomic E-state index is 1.26. The lowest BCUT2D eigenvalue weighted by molar-refractivity contribution is 1.65. The Kier molecular flexibility index (Phi) is 2.89. The van der Waals surface area contributed by atoms with E-state index < -0.39 is 0 Å². The Morgan fingerprint density at radius 2 is 1.04 bits per heavy atom. The van der Waals surface area contributed by atoms with E-state index in [4.69, 9.17) is 0 Å². The van der Waals surface area contributed by atoms with E-state index >= 15 is 0 Å². The molecule has 0 nitrogen and oxygen atoms in total. The fourth-order valence-corrected chi connectivity index (χ4v) is 3.65. The summed E-state index contributed by atoms with van der Waals surface area (Å²) in [6, 6.07) is 34.9. The molecule has 0 radical (unpaired) electrons. The highest BCUT2D eigenvalue weighted by Gasteiger charge is 2.06. The van der Waals surface area contributed by atoms with Crippen molar-refractivity contribution < 1.29 is 0 Å². The van der Waals surface area contributed by atoms with Gasteiger partial charge < -0.3 is 0 Å². The summed E-state index contributed by atoms with van der Waals surface area (Å²) in [5.41, 5.74) is 2.53. The molecule has 0 bridgehead atoms. The Bertz CT molecular complexity index is 1180. The van der Waals surface area contributed by atoms with Gasteiger partial charge in [0.2, 0.25) is 0 Å². The molecule has 0 saturated heterocycles. The third-order valence-corrected chi connectivity index (χ3v) is 4.83. The van der Waals surface area contributed by atoms with Crippen LogP contribution in [0.3, 0.4) is 0 Å². The molecule has 5 rings (SSSR count). The first kappa shape index (κ1) is 13.3. The van der Waals surface area contributed by atoms with Crippen molar-refractivity contribution in [1.82, 2.24) is 0 Å². The van der Waals surface area contributed by atoms with Crippen molar-refractivity contribution in [3.05, 3.63) is 97.1 Å². The first-order chi connectivity index (χ1) is 11.9. The summed E-state index contributed by atoms with van der Waals surface area (Å²) in [4.78, 5) is 0. The highest BCUT2D eigenvalue weighted by molar-refractivity contribution is 6.20. The van der Waals surface area contributed by atoms with Crippen LogP contribution in [-0.4, -0.2) is 0 Å². The lowest BCUT2D eigenvalue weighted by atomic mass is 9.94. The van der Waals surface area contributed by atoms with E-state index in [0.29, 0.717) is 0 Å². The average Bonchev–Trinajstić information content (AvgIpc) is 2.67. The number of benzene rings is 5. The monoisotopic (exact) mass is 304 g/mol. The zero-order chi connectivity index (χ0) is 15.9. The van der Waals surface area contributed by atoms with Gasteiger partial charge in [-0.3, -0.25) is 0 Å². The van der Waals surface area contributed by atoms with Gasteiger partial charge in [0, 0.05) is 0 Å². The molecule has 0 aromatic heterocycles. The summed E-state index contributed by atoms with van der Waals surface area (Å²) >= 11 is 0. The van der Waals surface area contributed by atoms with Gasteiger partial charge in [-0.05, 0) is 49.5 Å². The second-order valence-electron chi connectivity index (χ2n) is 6.25. The second-order valence-corrected chi connectivity index (χ2v) is 6.25. The van der Waals surface area contributed by atoms with E-state index in [1.807, 2.05) is 0 Å². The fraction of sp³-hybridized carbons (Fsp3) is 0. The van der Waals surface area contributed by atoms with Crippen LogP contribution in [0, 0.1) is 0 Å². The Morgan fingerprint density at radius 3 is 1.92 bits per heavy atom. The lowest BCUT2D eigenvalue weighted by Gasteiger charge is -2.10. The molecule has 24 heavy (non-hydrogen) atoms. The molecular weight excluding hydrogens is 288 g/mol. The Morgan fingerprint density at radius 1 is 0.375 bits per heavy atom. The summed E-state index contributed by atoms with van der Waals surface area (Å²) in [7, 11) is 0. The molecule has 0 N–H and O–H groups in total. The molecule has 0 aliphatic rings. The van der Waals surface area contributed by atoms with Crippen molar-refractivity contribution in [3.63, 3.8) is 0 Å². The van der Waals surface area contributed by atoms with Gasteiger partial charge in [-0.25, -0.2) is 0 Å². The van der Waals surface area contributed by atoms with Crippen LogP contribution in [0.5, 0.6) is 0 Å². The first-order valence-electron chi connectivity index (χ1n) is 8.30. The molecule has 112 valence electrons. The van der Waals surface area contributed by atoms with Gasteiger partial charge in [0.25, 0.3) is 0 Å². The quantitative estimate of drug-likeness (QED) is 0.298. The molecule has 0 heteroatoms. The third-order valence-electron chi connectivity index (χ3n) is 4.83. The summed E-state index contributed by atoms with van der Waals surface area (Å²) in [5.74, 6) is 0. The highest BCUT2D eigenvalue weighted by Crippen LogP contribution is 2.34. The molecular formula is C24H16. The normalized spacial score (nSPS) is 11.3. The molecule has 0 fully saturated rings. The SMILES string of the molecule is c1ccc(-c2ccc3c(ccc4ccc5ccccc5c43)c2)cc1. The van der Waals surface area contributed by atoms with Crippen molar-refractivity contribution in [2.75, 3.05) is 0 Å². The van der Waals surface area contributed by atoms with E-state index in [1.165, 1.54) is 43.4 Å². The second kappa shape index (κ2) is 5.21. The number of hydrogen-bond acceptors (Lipinski definition) is 0. The van der Waals surface area contributed by atoms with Crippen LogP contribution in [0.2, 0.25) is 0 Å². The Labute approximate surface area is 141 Å². The number of hydrogen-bond donors (Lipinski definition) is 0. The maximum absolute atomic E-state index is 2.30. The van der Waals surface area contributed by atoms with E-state index in [-0.39, 0.29) is 0 Å². The highest BCUT2D eigenvalue weighted by atomic mass is 14.1. The molecule has 0 saturated carbocycles. The molecule has 0 atom stereocenters. The minimum Gasteiger partial charge on any atom is -0.0622 e. The van der Waals surface area contributed by atoms with Gasteiger partial charge in [0.1, 0.15) is 0 Å². The molecule has 0 unspecified atom stereocenters. The molecule has 0 amide bonds. The van der Waals surface area contributed by atoms with Crippen molar-refractivity contribution >= 4 is 32.3 Å². The predicted molar refractivity (Wildman–Crippen MR) is 104 cm³/mol. The predicted octanol–water partition coefficient (Wildman–Crippen LogP) is 6.81. The van der Waals surface area contributed by atoms with E-state index in [2.05, 4.69) is 97.1 Å². The third kappa shape index (κ3) is 2.00. The van der Waals surface area contributed by atoms with Gasteiger partial charge in [-0.1, -0.05) is 91.0 Å². The van der Waals surface area contributed by atoms with Crippen molar-refractivity contribution in [2.24, 2.45) is 0 Å². The maximum atomic E-state index is 2.30. The van der Waals surface area contributed by atoms with Crippen LogP contribution in [0.4, 0.5) is 0 Å². The molecule has 5 aromatic carbocycles. The standard InChI is InChI=1S/C24H16/c1-2-6-17(7-3-1)20-14-15-23-21(16-20)13-12-19-11-10-18-8-4-5-9-22(18)24(19)23/h1-16H. The van der Waals surface area contributed by atoms with E-state index in [0.717, 1.165) is 0 Å². The smallest absolute Gasteiger partial charge is 0.00268 e. The van der Waals surface area contributed by atoms with Crippen LogP contribution in [0.15, 0.2) is 97.1 Å². The van der Waals surface area contributed by atoms with Gasteiger partial charge in [0.15, 0.2) is 0 Å². The summed E-state index contributed by atoms with van der Waals surface area (Å²) < 4.78 is 0. The van der Waals surface area contributed by atoms with Gasteiger partial charge in [-0.2, -0.15) is 0 Å². The van der Waals surface area contributed by atoms with Crippen LogP contribution < -0.4 is 0 Å². The van der Waals surface area contributed by atoms with Gasteiger partial charge in [-0.15, -0.1) is 0 Å². The van der Waals surface area contributed by atoms with Crippen LogP contribution in [-0.2, 0) is 0 Å². The van der Waals surface area contributed by atoms with Crippen molar-refractivity contribution in [1.29, 1.82) is 0 Å². The van der Waals surface area contributed by atoms with E-state index in [9.17, 15) is 0 Å². The molecule has 0 heterocycles. The zero-order valence-electron chi connectivity index (χ0n) is 13.2. The first-order valence-corrected chi connectivity index (χ1v) is 8.30. The average molecular weight is 304 g/mol. The Hall–Kier alpha value is -3.12. The molecule has 0 aliphatic carbocycles. The molecule has 5 aromatic rings. The molecule has 0 spiro atoms. The topological polar surface area (TPSA) is 0 Å². The van der Waals surface area contributed by atoms with Crippen molar-refractivity contribution in [2.45, 2.75) is 0 Å². The van der Waals surface area contributed by atoms with Gasteiger partial charge >= 0.3 is 0 Å². The Balaban J connectivity index is 1.87. The van der Waals surface area contributed by atoms with Crippen LogP contribution in [0.25, 0.3) is 43.4 Å². The summed E-state index contributed by atoms with van der Waals surface area (Å²) in [6.07, 6.45) is 0. The zero-order valence-corrected chi connectivity index (χ0v) is 13.2. The van der Waals surface area contributed by atoms with Crippen molar-refractivity contribution in [3.8, 4) is 11.1 Å². The number of fused-ring (bicyclic) bond motifs is 5. The maximum Gasteiger partial charge on any atom is -0.00268 e. The largest absolute Gasteiger partial charge is 0.0622 e. The number of rotatable bonds is 1. The molecule has 0 aliphatic heterocycles.